The number of hydrogen-bond acceptors (Lipinski definition) is 3. The van der Waals surface area contributed by atoms with E-state index in [-0.39, 0.29) is 0 Å². The summed E-state index contributed by atoms with van der Waals surface area (Å²) in [5, 5.41) is 0.925. The molecule has 0 bridgehead atoms. The van der Waals surface area contributed by atoms with Crippen LogP contribution < -0.4 is 5.48 Å². The minimum absolute atomic E-state index is 0.925. The molecule has 0 radical (unpaired) electrons. The van der Waals surface area contributed by atoms with Crippen molar-refractivity contribution in [2.75, 3.05) is 12.6 Å². The second-order valence-corrected chi connectivity index (χ2v) is 4.81. The molecule has 0 aromatic heterocycles. The summed E-state index contributed by atoms with van der Waals surface area (Å²) in [7, 11) is 1.63. The number of anilines is 1. The topological polar surface area (TPSA) is 21.3 Å². The molecule has 1 saturated carbocycles. The van der Waals surface area contributed by atoms with Crippen LogP contribution in [0.15, 0.2) is 24.3 Å². The van der Waals surface area contributed by atoms with Crippen molar-refractivity contribution in [2.45, 2.75) is 23.8 Å². The quantitative estimate of drug-likeness (QED) is 0.753. The molecular formula is C11H15NOS. The number of rotatable bonds is 5. The predicted octanol–water partition coefficient (Wildman–Crippen LogP) is 3.06. The van der Waals surface area contributed by atoms with Crippen molar-refractivity contribution in [3.05, 3.63) is 29.8 Å². The molecule has 2 nitrogen and oxygen atoms in total. The Bertz CT molecular complexity index is 299. The van der Waals surface area contributed by atoms with Crippen LogP contribution in [0.1, 0.15) is 18.4 Å². The van der Waals surface area contributed by atoms with Gasteiger partial charge in [-0.2, -0.15) is 11.8 Å². The normalized spacial score (nSPS) is 15.5. The van der Waals surface area contributed by atoms with E-state index in [9.17, 15) is 0 Å². The maximum absolute atomic E-state index is 4.86. The van der Waals surface area contributed by atoms with Crippen molar-refractivity contribution in [1.29, 1.82) is 0 Å². The smallest absolute Gasteiger partial charge is 0.0636 e. The lowest BCUT2D eigenvalue weighted by molar-refractivity contribution is 0.271. The molecule has 0 spiro atoms. The van der Waals surface area contributed by atoms with Crippen molar-refractivity contribution >= 4 is 17.4 Å². The van der Waals surface area contributed by atoms with Crippen LogP contribution in [-0.4, -0.2) is 12.4 Å². The number of thioether (sulfide) groups is 1. The maximum Gasteiger partial charge on any atom is 0.0636 e. The zero-order valence-electron chi connectivity index (χ0n) is 8.32. The van der Waals surface area contributed by atoms with Gasteiger partial charge in [0, 0.05) is 11.0 Å². The SMILES string of the molecule is CONc1cccc(CSC2CC2)c1. The molecule has 1 aromatic carbocycles. The van der Waals surface area contributed by atoms with E-state index in [0.717, 1.165) is 16.7 Å². The first kappa shape index (κ1) is 9.87. The van der Waals surface area contributed by atoms with Crippen LogP contribution >= 0.6 is 11.8 Å². The highest BCUT2D eigenvalue weighted by molar-refractivity contribution is 7.99. The lowest BCUT2D eigenvalue weighted by Crippen LogP contribution is -1.95. The summed E-state index contributed by atoms with van der Waals surface area (Å²) < 4.78 is 0. The third-order valence-corrected chi connectivity index (χ3v) is 3.60. The molecule has 0 heterocycles. The van der Waals surface area contributed by atoms with E-state index in [0.29, 0.717) is 0 Å². The first-order valence-electron chi connectivity index (χ1n) is 4.88. The van der Waals surface area contributed by atoms with Gasteiger partial charge in [0.05, 0.1) is 12.8 Å². The minimum Gasteiger partial charge on any atom is -0.279 e. The molecule has 2 rings (SSSR count). The summed E-state index contributed by atoms with van der Waals surface area (Å²) in [6, 6.07) is 8.37. The minimum atomic E-state index is 0.925. The average Bonchev–Trinajstić information content (AvgIpc) is 2.99. The number of hydrogen-bond donors (Lipinski definition) is 1. The molecule has 1 N–H and O–H groups in total. The first-order chi connectivity index (χ1) is 6.88. The molecule has 1 aliphatic rings. The van der Waals surface area contributed by atoms with Gasteiger partial charge in [-0.05, 0) is 30.5 Å². The third-order valence-electron chi connectivity index (χ3n) is 2.16. The lowest BCUT2D eigenvalue weighted by atomic mass is 10.2. The Morgan fingerprint density at radius 1 is 1.50 bits per heavy atom. The van der Waals surface area contributed by atoms with Crippen LogP contribution in [0.25, 0.3) is 0 Å². The van der Waals surface area contributed by atoms with Crippen molar-refractivity contribution in [1.82, 2.24) is 0 Å². The molecule has 76 valence electrons. The van der Waals surface area contributed by atoms with Crippen LogP contribution in [0, 0.1) is 0 Å². The highest BCUT2D eigenvalue weighted by Crippen LogP contribution is 2.36. The van der Waals surface area contributed by atoms with Crippen molar-refractivity contribution in [2.24, 2.45) is 0 Å². The fourth-order valence-electron chi connectivity index (χ4n) is 1.29. The van der Waals surface area contributed by atoms with Gasteiger partial charge in [0.2, 0.25) is 0 Å². The highest BCUT2D eigenvalue weighted by Gasteiger charge is 2.21. The second kappa shape index (κ2) is 4.71. The Kier molecular flexibility index (Phi) is 3.32. The fraction of sp³-hybridized carbons (Fsp3) is 0.455. The van der Waals surface area contributed by atoms with E-state index in [2.05, 4.69) is 35.4 Å². The van der Waals surface area contributed by atoms with Crippen molar-refractivity contribution in [3.8, 4) is 0 Å². The Morgan fingerprint density at radius 3 is 3.07 bits per heavy atom. The summed E-state index contributed by atoms with van der Waals surface area (Å²) in [6.07, 6.45) is 2.81. The zero-order valence-corrected chi connectivity index (χ0v) is 9.14. The van der Waals surface area contributed by atoms with Gasteiger partial charge in [-0.1, -0.05) is 12.1 Å². The summed E-state index contributed by atoms with van der Waals surface area (Å²) in [4.78, 5) is 4.86. The van der Waals surface area contributed by atoms with Crippen LogP contribution in [0.5, 0.6) is 0 Å². The van der Waals surface area contributed by atoms with E-state index in [1.165, 1.54) is 18.4 Å². The molecule has 0 atom stereocenters. The number of benzene rings is 1. The van der Waals surface area contributed by atoms with Gasteiger partial charge in [0.1, 0.15) is 0 Å². The van der Waals surface area contributed by atoms with Gasteiger partial charge < -0.3 is 0 Å². The molecule has 0 saturated heterocycles. The van der Waals surface area contributed by atoms with E-state index >= 15 is 0 Å². The van der Waals surface area contributed by atoms with Crippen LogP contribution in [-0.2, 0) is 10.6 Å². The molecule has 0 unspecified atom stereocenters. The van der Waals surface area contributed by atoms with Crippen molar-refractivity contribution < 1.29 is 4.84 Å². The van der Waals surface area contributed by atoms with E-state index in [1.807, 2.05) is 6.07 Å². The van der Waals surface area contributed by atoms with Gasteiger partial charge in [0.15, 0.2) is 0 Å². The lowest BCUT2D eigenvalue weighted by Gasteiger charge is -2.05. The van der Waals surface area contributed by atoms with E-state index in [1.54, 1.807) is 7.11 Å². The Morgan fingerprint density at radius 2 is 2.36 bits per heavy atom. The molecule has 0 amide bonds. The molecule has 1 fully saturated rings. The van der Waals surface area contributed by atoms with Gasteiger partial charge in [0.25, 0.3) is 0 Å². The molecular weight excluding hydrogens is 194 g/mol. The van der Waals surface area contributed by atoms with Gasteiger partial charge in [-0.15, -0.1) is 0 Å². The Balaban J connectivity index is 1.90. The largest absolute Gasteiger partial charge is 0.279 e. The number of nitrogens with one attached hydrogen (secondary N) is 1. The van der Waals surface area contributed by atoms with Crippen LogP contribution in [0.4, 0.5) is 5.69 Å². The first-order valence-corrected chi connectivity index (χ1v) is 5.93. The zero-order chi connectivity index (χ0) is 9.80. The van der Waals surface area contributed by atoms with Gasteiger partial charge >= 0.3 is 0 Å². The summed E-state index contributed by atoms with van der Waals surface area (Å²) >= 11 is 2.05. The van der Waals surface area contributed by atoms with Crippen LogP contribution in [0.3, 0.4) is 0 Å². The molecule has 3 heteroatoms. The molecule has 0 aliphatic heterocycles. The van der Waals surface area contributed by atoms with Crippen LogP contribution in [0.2, 0.25) is 0 Å². The predicted molar refractivity (Wildman–Crippen MR) is 61.4 cm³/mol. The summed E-state index contributed by atoms with van der Waals surface area (Å²) in [5.41, 5.74) is 5.24. The summed E-state index contributed by atoms with van der Waals surface area (Å²) in [6.45, 7) is 0. The molecule has 1 aliphatic carbocycles. The van der Waals surface area contributed by atoms with Gasteiger partial charge in [-0.25, -0.2) is 0 Å². The van der Waals surface area contributed by atoms with E-state index < -0.39 is 0 Å². The Hall–Kier alpha value is -0.670. The average molecular weight is 209 g/mol. The standard InChI is InChI=1S/C11H15NOS/c1-13-12-10-4-2-3-9(7-10)8-14-11-5-6-11/h2-4,7,11-12H,5-6,8H2,1H3. The van der Waals surface area contributed by atoms with Gasteiger partial charge in [-0.3, -0.25) is 10.3 Å². The van der Waals surface area contributed by atoms with E-state index in [4.69, 9.17) is 4.84 Å². The summed E-state index contributed by atoms with van der Waals surface area (Å²) in [5.74, 6) is 1.11. The Labute approximate surface area is 89.0 Å². The maximum atomic E-state index is 4.86. The fourth-order valence-corrected chi connectivity index (χ4v) is 2.37. The second-order valence-electron chi connectivity index (χ2n) is 3.52. The highest BCUT2D eigenvalue weighted by atomic mass is 32.2. The monoisotopic (exact) mass is 209 g/mol. The third kappa shape index (κ3) is 2.93. The van der Waals surface area contributed by atoms with Crippen molar-refractivity contribution in [3.63, 3.8) is 0 Å². The molecule has 1 aromatic rings. The molecule has 14 heavy (non-hydrogen) atoms.